The van der Waals surface area contributed by atoms with Crippen LogP contribution in [0, 0.1) is 6.92 Å². The fourth-order valence-electron chi connectivity index (χ4n) is 3.39. The Morgan fingerprint density at radius 3 is 2.67 bits per heavy atom. The number of hydrogen-bond donors (Lipinski definition) is 2. The van der Waals surface area contributed by atoms with Crippen LogP contribution >= 0.6 is 22.9 Å². The summed E-state index contributed by atoms with van der Waals surface area (Å²) in [7, 11) is 0. The zero-order chi connectivity index (χ0) is 19.6. The second kappa shape index (κ2) is 8.44. The van der Waals surface area contributed by atoms with Crippen molar-refractivity contribution in [1.82, 2.24) is 15.1 Å². The standard InChI is InChI=1S/C19H25ClN4O2S/c1-4-10-21-17(25)14-12-8-6-7-9-13(12)27-19(14)22-18(26)16-15(20)11(3)23-24(16)5-2/h4-10H2,1-3H3,(H,21,25)(H,22,26). The smallest absolute Gasteiger partial charge is 0.276 e. The molecule has 1 aliphatic rings. The molecule has 2 aromatic heterocycles. The molecule has 0 unspecified atom stereocenters. The number of carbonyl (C=O) groups is 2. The molecule has 0 saturated heterocycles. The van der Waals surface area contributed by atoms with E-state index >= 15 is 0 Å². The van der Waals surface area contributed by atoms with Crippen LogP contribution in [0.2, 0.25) is 5.02 Å². The molecule has 0 fully saturated rings. The Hall–Kier alpha value is -1.86. The molecule has 2 heterocycles. The molecule has 6 nitrogen and oxygen atoms in total. The molecule has 0 aliphatic heterocycles. The number of anilines is 1. The van der Waals surface area contributed by atoms with Crippen molar-refractivity contribution in [3.8, 4) is 0 Å². The van der Waals surface area contributed by atoms with Gasteiger partial charge >= 0.3 is 0 Å². The number of carbonyl (C=O) groups excluding carboxylic acids is 2. The van der Waals surface area contributed by atoms with E-state index in [1.807, 2.05) is 13.8 Å². The van der Waals surface area contributed by atoms with Crippen molar-refractivity contribution < 1.29 is 9.59 Å². The predicted molar refractivity (Wildman–Crippen MR) is 109 cm³/mol. The fourth-order valence-corrected chi connectivity index (χ4v) is 4.89. The summed E-state index contributed by atoms with van der Waals surface area (Å²) >= 11 is 7.81. The van der Waals surface area contributed by atoms with Gasteiger partial charge in [0.2, 0.25) is 0 Å². The van der Waals surface area contributed by atoms with Crippen LogP contribution in [0.15, 0.2) is 0 Å². The summed E-state index contributed by atoms with van der Waals surface area (Å²) in [4.78, 5) is 26.9. The number of amides is 2. The van der Waals surface area contributed by atoms with Crippen LogP contribution in [0.4, 0.5) is 5.00 Å². The van der Waals surface area contributed by atoms with Gasteiger partial charge < -0.3 is 10.6 Å². The molecule has 146 valence electrons. The van der Waals surface area contributed by atoms with Crippen molar-refractivity contribution in [2.75, 3.05) is 11.9 Å². The molecule has 0 atom stereocenters. The number of aryl methyl sites for hydroxylation is 3. The summed E-state index contributed by atoms with van der Waals surface area (Å²) in [6.07, 6.45) is 4.88. The maximum Gasteiger partial charge on any atom is 0.276 e. The summed E-state index contributed by atoms with van der Waals surface area (Å²) in [5.74, 6) is -0.441. The van der Waals surface area contributed by atoms with Gasteiger partial charge in [-0.3, -0.25) is 14.3 Å². The summed E-state index contributed by atoms with van der Waals surface area (Å²) in [6, 6.07) is 0. The second-order valence-corrected chi connectivity index (χ2v) is 8.17. The highest BCUT2D eigenvalue weighted by Gasteiger charge is 2.28. The number of nitrogens with one attached hydrogen (secondary N) is 2. The molecule has 0 spiro atoms. The third-order valence-corrected chi connectivity index (χ3v) is 6.39. The van der Waals surface area contributed by atoms with E-state index in [2.05, 4.69) is 15.7 Å². The first-order valence-corrected chi connectivity index (χ1v) is 10.6. The average Bonchev–Trinajstić information content (AvgIpc) is 3.16. The zero-order valence-corrected chi connectivity index (χ0v) is 17.5. The quantitative estimate of drug-likeness (QED) is 0.752. The molecule has 0 radical (unpaired) electrons. The van der Waals surface area contributed by atoms with Crippen molar-refractivity contribution in [2.24, 2.45) is 0 Å². The van der Waals surface area contributed by atoms with Gasteiger partial charge in [0.1, 0.15) is 10.7 Å². The average molecular weight is 409 g/mol. The number of halogens is 1. The van der Waals surface area contributed by atoms with E-state index in [1.54, 1.807) is 11.6 Å². The highest BCUT2D eigenvalue weighted by atomic mass is 35.5. The number of aromatic nitrogens is 2. The number of nitrogens with zero attached hydrogens (tertiary/aromatic N) is 2. The lowest BCUT2D eigenvalue weighted by molar-refractivity contribution is 0.0954. The van der Waals surface area contributed by atoms with Gasteiger partial charge in [-0.2, -0.15) is 5.10 Å². The van der Waals surface area contributed by atoms with E-state index in [0.717, 1.165) is 37.7 Å². The van der Waals surface area contributed by atoms with Crippen molar-refractivity contribution in [3.63, 3.8) is 0 Å². The molecular formula is C19H25ClN4O2S. The number of fused-ring (bicyclic) bond motifs is 1. The number of thiophene rings is 1. The molecule has 0 bridgehead atoms. The molecule has 1 aliphatic carbocycles. The fraction of sp³-hybridized carbons (Fsp3) is 0.526. The SMILES string of the molecule is CCCNC(=O)c1c(NC(=O)c2c(Cl)c(C)nn2CC)sc2c1CCCC2. The second-order valence-electron chi connectivity index (χ2n) is 6.69. The molecule has 2 aromatic rings. The van der Waals surface area contributed by atoms with Crippen LogP contribution in [-0.4, -0.2) is 28.1 Å². The van der Waals surface area contributed by atoms with Crippen molar-refractivity contribution in [2.45, 2.75) is 59.4 Å². The molecule has 27 heavy (non-hydrogen) atoms. The van der Waals surface area contributed by atoms with Crippen LogP contribution in [0.5, 0.6) is 0 Å². The Morgan fingerprint density at radius 2 is 1.96 bits per heavy atom. The Balaban J connectivity index is 1.96. The first-order chi connectivity index (χ1) is 13.0. The van der Waals surface area contributed by atoms with Gasteiger partial charge in [-0.15, -0.1) is 11.3 Å². The highest BCUT2D eigenvalue weighted by molar-refractivity contribution is 7.17. The van der Waals surface area contributed by atoms with Gasteiger partial charge in [0, 0.05) is 18.0 Å². The zero-order valence-electron chi connectivity index (χ0n) is 15.9. The van der Waals surface area contributed by atoms with Gasteiger partial charge in [0.25, 0.3) is 11.8 Å². The van der Waals surface area contributed by atoms with Gasteiger partial charge in [-0.05, 0) is 51.5 Å². The third-order valence-electron chi connectivity index (χ3n) is 4.73. The normalized spacial score (nSPS) is 13.3. The summed E-state index contributed by atoms with van der Waals surface area (Å²) in [6.45, 7) is 6.86. The summed E-state index contributed by atoms with van der Waals surface area (Å²) < 4.78 is 1.59. The van der Waals surface area contributed by atoms with E-state index in [1.165, 1.54) is 16.2 Å². The summed E-state index contributed by atoms with van der Waals surface area (Å²) in [5, 5.41) is 11.2. The Morgan fingerprint density at radius 1 is 1.22 bits per heavy atom. The van der Waals surface area contributed by atoms with Crippen LogP contribution < -0.4 is 10.6 Å². The van der Waals surface area contributed by atoms with E-state index in [9.17, 15) is 9.59 Å². The summed E-state index contributed by atoms with van der Waals surface area (Å²) in [5.41, 5.74) is 2.66. The van der Waals surface area contributed by atoms with Crippen LogP contribution in [0.25, 0.3) is 0 Å². The number of hydrogen-bond acceptors (Lipinski definition) is 4. The lowest BCUT2D eigenvalue weighted by Crippen LogP contribution is -2.26. The molecule has 2 N–H and O–H groups in total. The van der Waals surface area contributed by atoms with Crippen molar-refractivity contribution in [3.05, 3.63) is 32.4 Å². The molecule has 0 saturated carbocycles. The van der Waals surface area contributed by atoms with E-state index in [-0.39, 0.29) is 11.8 Å². The topological polar surface area (TPSA) is 76.0 Å². The molecular weight excluding hydrogens is 384 g/mol. The molecule has 2 amide bonds. The van der Waals surface area contributed by atoms with E-state index in [4.69, 9.17) is 11.6 Å². The van der Waals surface area contributed by atoms with Crippen LogP contribution in [-0.2, 0) is 19.4 Å². The van der Waals surface area contributed by atoms with Crippen LogP contribution in [0.3, 0.4) is 0 Å². The highest BCUT2D eigenvalue weighted by Crippen LogP contribution is 2.38. The van der Waals surface area contributed by atoms with Crippen molar-refractivity contribution >= 4 is 39.8 Å². The monoisotopic (exact) mass is 408 g/mol. The Labute approximate surface area is 168 Å². The van der Waals surface area contributed by atoms with Gasteiger partial charge in [-0.1, -0.05) is 18.5 Å². The Bertz CT molecular complexity index is 872. The largest absolute Gasteiger partial charge is 0.352 e. The minimum absolute atomic E-state index is 0.113. The first-order valence-electron chi connectivity index (χ1n) is 9.44. The lowest BCUT2D eigenvalue weighted by atomic mass is 9.95. The number of rotatable bonds is 6. The van der Waals surface area contributed by atoms with Gasteiger partial charge in [-0.25, -0.2) is 0 Å². The maximum absolute atomic E-state index is 12.9. The van der Waals surface area contributed by atoms with Crippen molar-refractivity contribution in [1.29, 1.82) is 0 Å². The minimum atomic E-state index is -0.328. The van der Waals surface area contributed by atoms with E-state index in [0.29, 0.717) is 40.1 Å². The van der Waals surface area contributed by atoms with Crippen LogP contribution in [0.1, 0.15) is 70.1 Å². The molecule has 3 rings (SSSR count). The predicted octanol–water partition coefficient (Wildman–Crippen LogP) is 4.20. The Kier molecular flexibility index (Phi) is 6.22. The first kappa shape index (κ1) is 19.9. The van der Waals surface area contributed by atoms with Gasteiger partial charge in [0.15, 0.2) is 0 Å². The maximum atomic E-state index is 12.9. The third kappa shape index (κ3) is 3.89. The molecule has 0 aromatic carbocycles. The molecule has 8 heteroatoms. The lowest BCUT2D eigenvalue weighted by Gasteiger charge is -2.13. The van der Waals surface area contributed by atoms with Gasteiger partial charge in [0.05, 0.1) is 16.3 Å². The van der Waals surface area contributed by atoms with E-state index < -0.39 is 0 Å². The minimum Gasteiger partial charge on any atom is -0.352 e.